The number of pyridine rings is 1. The van der Waals surface area contributed by atoms with Crippen molar-refractivity contribution in [2.45, 2.75) is 46.6 Å². The number of halogens is 1. The number of amides is 1. The van der Waals surface area contributed by atoms with Crippen LogP contribution >= 0.6 is 15.9 Å². The molecule has 5 nitrogen and oxygen atoms in total. The van der Waals surface area contributed by atoms with Crippen LogP contribution in [0.5, 0.6) is 0 Å². The standard InChI is InChI=1S/C23H30BrN3O2/c1-14-9-15(2)26-23(29)21(14)13-25-22(28)20-12-19(24)11-18(16(20)3)10-17-5-7-27(4)8-6-17/h9,11-12,17H,5-8,10,13H2,1-4H3,(H,25,28)(H,26,29). The van der Waals surface area contributed by atoms with Gasteiger partial charge in [-0.05, 0) is 101 Å². The number of likely N-dealkylation sites (tertiary alicyclic amines) is 1. The zero-order valence-corrected chi connectivity index (χ0v) is 19.3. The number of aromatic nitrogens is 1. The summed E-state index contributed by atoms with van der Waals surface area (Å²) in [4.78, 5) is 30.3. The first kappa shape index (κ1) is 21.8. The lowest BCUT2D eigenvalue weighted by Gasteiger charge is -2.29. The Morgan fingerprint density at radius 2 is 1.90 bits per heavy atom. The molecule has 1 aliphatic heterocycles. The molecule has 29 heavy (non-hydrogen) atoms. The zero-order chi connectivity index (χ0) is 21.1. The number of aryl methyl sites for hydroxylation is 2. The number of carbonyl (C=O) groups is 1. The summed E-state index contributed by atoms with van der Waals surface area (Å²) in [5.74, 6) is 0.511. The van der Waals surface area contributed by atoms with Crippen molar-refractivity contribution in [1.29, 1.82) is 0 Å². The van der Waals surface area contributed by atoms with Crippen molar-refractivity contribution in [3.63, 3.8) is 0 Å². The van der Waals surface area contributed by atoms with Crippen LogP contribution in [0.3, 0.4) is 0 Å². The molecule has 0 bridgehead atoms. The Kier molecular flexibility index (Phi) is 6.96. The first-order chi connectivity index (χ1) is 13.7. The van der Waals surface area contributed by atoms with E-state index in [0.29, 0.717) is 17.0 Å². The number of benzene rings is 1. The molecule has 0 atom stereocenters. The third kappa shape index (κ3) is 5.37. The Balaban J connectivity index is 1.75. The predicted molar refractivity (Wildman–Crippen MR) is 121 cm³/mol. The van der Waals surface area contributed by atoms with E-state index < -0.39 is 0 Å². The highest BCUT2D eigenvalue weighted by atomic mass is 79.9. The van der Waals surface area contributed by atoms with Gasteiger partial charge in [-0.2, -0.15) is 0 Å². The maximum atomic E-state index is 12.9. The van der Waals surface area contributed by atoms with Crippen LogP contribution in [0.2, 0.25) is 0 Å². The molecule has 0 spiro atoms. The van der Waals surface area contributed by atoms with Crippen LogP contribution in [0.4, 0.5) is 0 Å². The third-order valence-electron chi connectivity index (χ3n) is 5.99. The molecule has 1 aliphatic rings. The quantitative estimate of drug-likeness (QED) is 0.712. The highest BCUT2D eigenvalue weighted by molar-refractivity contribution is 9.10. The van der Waals surface area contributed by atoms with Crippen molar-refractivity contribution in [3.05, 3.63) is 66.5 Å². The molecule has 0 radical (unpaired) electrons. The maximum absolute atomic E-state index is 12.9. The van der Waals surface area contributed by atoms with E-state index in [0.717, 1.165) is 40.8 Å². The zero-order valence-electron chi connectivity index (χ0n) is 17.7. The Morgan fingerprint density at radius 3 is 2.55 bits per heavy atom. The van der Waals surface area contributed by atoms with E-state index in [9.17, 15) is 9.59 Å². The van der Waals surface area contributed by atoms with Crippen LogP contribution in [0, 0.1) is 26.7 Å². The summed E-state index contributed by atoms with van der Waals surface area (Å²) in [5, 5.41) is 2.93. The van der Waals surface area contributed by atoms with Crippen LogP contribution in [-0.2, 0) is 13.0 Å². The highest BCUT2D eigenvalue weighted by Crippen LogP contribution is 2.27. The van der Waals surface area contributed by atoms with Crippen LogP contribution < -0.4 is 10.9 Å². The summed E-state index contributed by atoms with van der Waals surface area (Å²) >= 11 is 3.57. The van der Waals surface area contributed by atoms with Gasteiger partial charge in [0.1, 0.15) is 0 Å². The van der Waals surface area contributed by atoms with E-state index in [-0.39, 0.29) is 18.0 Å². The lowest BCUT2D eigenvalue weighted by atomic mass is 9.87. The van der Waals surface area contributed by atoms with Crippen LogP contribution in [0.1, 0.15) is 51.1 Å². The van der Waals surface area contributed by atoms with Gasteiger partial charge in [0.2, 0.25) is 0 Å². The second-order valence-electron chi connectivity index (χ2n) is 8.31. The molecular formula is C23H30BrN3O2. The van der Waals surface area contributed by atoms with Gasteiger partial charge in [-0.3, -0.25) is 9.59 Å². The lowest BCUT2D eigenvalue weighted by Crippen LogP contribution is -2.31. The minimum absolute atomic E-state index is 0.142. The number of rotatable bonds is 5. The number of aromatic amines is 1. The predicted octanol–water partition coefficient (Wildman–Crippen LogP) is 3.88. The molecular weight excluding hydrogens is 430 g/mol. The molecule has 1 aromatic heterocycles. The van der Waals surface area contributed by atoms with Gasteiger partial charge in [0.05, 0.1) is 0 Å². The van der Waals surface area contributed by atoms with Crippen molar-refractivity contribution in [3.8, 4) is 0 Å². The average molecular weight is 460 g/mol. The van der Waals surface area contributed by atoms with Crippen LogP contribution in [-0.4, -0.2) is 35.9 Å². The van der Waals surface area contributed by atoms with E-state index in [1.54, 1.807) is 0 Å². The first-order valence-corrected chi connectivity index (χ1v) is 11.0. The molecule has 1 amide bonds. The molecule has 2 N–H and O–H groups in total. The minimum atomic E-state index is -0.146. The van der Waals surface area contributed by atoms with Crippen LogP contribution in [0.25, 0.3) is 0 Å². The number of piperidine rings is 1. The van der Waals surface area contributed by atoms with Gasteiger partial charge in [-0.1, -0.05) is 15.9 Å². The van der Waals surface area contributed by atoms with Crippen molar-refractivity contribution in [2.24, 2.45) is 5.92 Å². The molecule has 3 rings (SSSR count). The summed E-state index contributed by atoms with van der Waals surface area (Å²) < 4.78 is 0.917. The van der Waals surface area contributed by atoms with Gasteiger partial charge in [0.15, 0.2) is 0 Å². The molecule has 0 unspecified atom stereocenters. The Bertz CT molecular complexity index is 959. The summed E-state index contributed by atoms with van der Waals surface area (Å²) in [5.41, 5.74) is 5.09. The Hall–Kier alpha value is -1.92. The molecule has 6 heteroatoms. The van der Waals surface area contributed by atoms with Gasteiger partial charge in [-0.25, -0.2) is 0 Å². The van der Waals surface area contributed by atoms with Crippen molar-refractivity contribution >= 4 is 21.8 Å². The fourth-order valence-electron chi connectivity index (χ4n) is 4.13. The second kappa shape index (κ2) is 9.26. The van der Waals surface area contributed by atoms with E-state index in [1.165, 1.54) is 18.4 Å². The third-order valence-corrected chi connectivity index (χ3v) is 6.45. The smallest absolute Gasteiger partial charge is 0.253 e. The largest absolute Gasteiger partial charge is 0.348 e. The monoisotopic (exact) mass is 459 g/mol. The molecule has 1 aromatic carbocycles. The summed E-state index contributed by atoms with van der Waals surface area (Å²) in [6, 6.07) is 5.93. The second-order valence-corrected chi connectivity index (χ2v) is 9.23. The Morgan fingerprint density at radius 1 is 1.21 bits per heavy atom. The number of nitrogens with one attached hydrogen (secondary N) is 2. The van der Waals surface area contributed by atoms with Crippen LogP contribution in [0.15, 0.2) is 27.5 Å². The molecule has 0 aliphatic carbocycles. The molecule has 2 aromatic rings. The first-order valence-electron chi connectivity index (χ1n) is 10.2. The van der Waals surface area contributed by atoms with Gasteiger partial charge in [-0.15, -0.1) is 0 Å². The summed E-state index contributed by atoms with van der Waals surface area (Å²) in [6.45, 7) is 8.26. The molecule has 156 valence electrons. The molecule has 1 saturated heterocycles. The van der Waals surface area contributed by atoms with E-state index in [4.69, 9.17) is 0 Å². The molecule has 1 fully saturated rings. The average Bonchev–Trinajstić information content (AvgIpc) is 2.65. The fraction of sp³-hybridized carbons (Fsp3) is 0.478. The van der Waals surface area contributed by atoms with Gasteiger partial charge < -0.3 is 15.2 Å². The number of carbonyl (C=O) groups excluding carboxylic acids is 1. The van der Waals surface area contributed by atoms with Gasteiger partial charge >= 0.3 is 0 Å². The summed E-state index contributed by atoms with van der Waals surface area (Å²) in [6.07, 6.45) is 3.38. The molecule has 0 saturated carbocycles. The molecule has 2 heterocycles. The van der Waals surface area contributed by atoms with Gasteiger partial charge in [0.25, 0.3) is 11.5 Å². The van der Waals surface area contributed by atoms with E-state index in [2.05, 4.69) is 44.2 Å². The summed E-state index contributed by atoms with van der Waals surface area (Å²) in [7, 11) is 2.17. The number of hydrogen-bond donors (Lipinski definition) is 2. The number of H-pyrrole nitrogens is 1. The number of nitrogens with zero attached hydrogens (tertiary/aromatic N) is 1. The highest BCUT2D eigenvalue weighted by Gasteiger charge is 2.20. The Labute approximate surface area is 181 Å². The SMILES string of the molecule is Cc1cc(C)c(CNC(=O)c2cc(Br)cc(CC3CCN(C)CC3)c2C)c(=O)[nH]1. The topological polar surface area (TPSA) is 65.2 Å². The van der Waals surface area contributed by atoms with Crippen molar-refractivity contribution < 1.29 is 4.79 Å². The van der Waals surface area contributed by atoms with Crippen molar-refractivity contribution in [2.75, 3.05) is 20.1 Å². The lowest BCUT2D eigenvalue weighted by molar-refractivity contribution is 0.0950. The fourth-order valence-corrected chi connectivity index (χ4v) is 4.63. The number of hydrogen-bond acceptors (Lipinski definition) is 3. The minimum Gasteiger partial charge on any atom is -0.348 e. The van der Waals surface area contributed by atoms with Crippen molar-refractivity contribution in [1.82, 2.24) is 15.2 Å². The van der Waals surface area contributed by atoms with E-state index >= 15 is 0 Å². The normalized spacial score (nSPS) is 15.5. The van der Waals surface area contributed by atoms with E-state index in [1.807, 2.05) is 32.9 Å². The maximum Gasteiger partial charge on any atom is 0.253 e. The van der Waals surface area contributed by atoms with Gasteiger partial charge in [0, 0.05) is 27.8 Å².